The molecule has 0 unspecified atom stereocenters. The maximum absolute atomic E-state index is 13.2. The molecule has 3 aromatic rings. The first-order valence-electron chi connectivity index (χ1n) is 8.94. The summed E-state index contributed by atoms with van der Waals surface area (Å²) in [5.74, 6) is -0.174. The van der Waals surface area contributed by atoms with Crippen LogP contribution in [0.25, 0.3) is 10.8 Å². The Morgan fingerprint density at radius 1 is 1.07 bits per heavy atom. The minimum atomic E-state index is -0.349. The fourth-order valence-corrected chi connectivity index (χ4v) is 4.42. The monoisotopic (exact) mass is 388 g/mol. The van der Waals surface area contributed by atoms with E-state index in [4.69, 9.17) is 0 Å². The van der Waals surface area contributed by atoms with Gasteiger partial charge < -0.3 is 5.32 Å². The molecule has 0 radical (unpaired) electrons. The number of rotatable bonds is 4. The van der Waals surface area contributed by atoms with Crippen LogP contribution in [0.15, 0.2) is 77.3 Å². The summed E-state index contributed by atoms with van der Waals surface area (Å²) in [6, 6.07) is 22.7. The Bertz CT molecular complexity index is 1120. The Morgan fingerprint density at radius 2 is 1.82 bits per heavy atom. The number of carbonyl (C=O) groups excluding carboxylic acids is 1. The van der Waals surface area contributed by atoms with Crippen molar-refractivity contribution in [1.82, 2.24) is 5.32 Å². The van der Waals surface area contributed by atoms with Gasteiger partial charge in [-0.1, -0.05) is 54.6 Å². The van der Waals surface area contributed by atoms with E-state index in [0.717, 1.165) is 16.5 Å². The first-order chi connectivity index (χ1) is 13.6. The number of thioether (sulfide) groups is 1. The molecule has 1 heterocycles. The van der Waals surface area contributed by atoms with E-state index in [9.17, 15) is 14.4 Å². The van der Waals surface area contributed by atoms with E-state index in [0.29, 0.717) is 16.4 Å². The van der Waals surface area contributed by atoms with Gasteiger partial charge in [0.05, 0.1) is 16.7 Å². The molecule has 1 aliphatic rings. The van der Waals surface area contributed by atoms with Crippen molar-refractivity contribution in [1.29, 1.82) is 5.26 Å². The summed E-state index contributed by atoms with van der Waals surface area (Å²) >= 11 is 1.45. The van der Waals surface area contributed by atoms with Crippen LogP contribution in [0.1, 0.15) is 23.5 Å². The second-order valence-corrected chi connectivity index (χ2v) is 7.67. The molecule has 0 saturated heterocycles. The third-order valence-electron chi connectivity index (χ3n) is 4.83. The van der Waals surface area contributed by atoms with Crippen molar-refractivity contribution in [2.45, 2.75) is 18.1 Å². The van der Waals surface area contributed by atoms with Crippen LogP contribution < -0.4 is 5.32 Å². The Labute approximate surface area is 166 Å². The third kappa shape index (κ3) is 3.78. The van der Waals surface area contributed by atoms with Crippen LogP contribution in [-0.4, -0.2) is 5.91 Å². The summed E-state index contributed by atoms with van der Waals surface area (Å²) in [7, 11) is 0. The lowest BCUT2D eigenvalue weighted by Gasteiger charge is -2.25. The molecule has 0 saturated carbocycles. The van der Waals surface area contributed by atoms with Gasteiger partial charge in [-0.25, -0.2) is 4.39 Å². The molecule has 0 aromatic heterocycles. The SMILES string of the molecule is N#CC1=C(SCc2ccc3ccccc3c2)NC(=O)C[C@H]1c1ccc(F)cc1. The number of hydrogen-bond donors (Lipinski definition) is 1. The van der Waals surface area contributed by atoms with Crippen molar-refractivity contribution in [3.63, 3.8) is 0 Å². The van der Waals surface area contributed by atoms with Crippen LogP contribution in [0, 0.1) is 17.1 Å². The summed E-state index contributed by atoms with van der Waals surface area (Å²) in [6.07, 6.45) is 0.189. The van der Waals surface area contributed by atoms with Gasteiger partial charge >= 0.3 is 0 Å². The molecular weight excluding hydrogens is 371 g/mol. The number of hydrogen-bond acceptors (Lipinski definition) is 3. The third-order valence-corrected chi connectivity index (χ3v) is 5.91. The number of benzene rings is 3. The second-order valence-electron chi connectivity index (χ2n) is 6.68. The lowest BCUT2D eigenvalue weighted by molar-refractivity contribution is -0.120. The maximum atomic E-state index is 13.2. The lowest BCUT2D eigenvalue weighted by Crippen LogP contribution is -2.30. The summed E-state index contributed by atoms with van der Waals surface area (Å²) in [6.45, 7) is 0. The molecule has 1 atom stereocenters. The van der Waals surface area contributed by atoms with Crippen LogP contribution in [0.3, 0.4) is 0 Å². The number of halogens is 1. The number of amides is 1. The Balaban J connectivity index is 1.60. The normalized spacial score (nSPS) is 16.7. The van der Waals surface area contributed by atoms with Crippen LogP contribution in [0.4, 0.5) is 4.39 Å². The standard InChI is InChI=1S/C23H17FN2OS/c24-19-9-7-17(8-10-19)20-12-22(27)26-23(21(20)13-25)28-14-15-5-6-16-3-1-2-4-18(16)11-15/h1-11,20H,12,14H2,(H,26,27)/t20-/m0/s1. The molecule has 3 nitrogen and oxygen atoms in total. The molecule has 0 bridgehead atoms. The van der Waals surface area contributed by atoms with E-state index < -0.39 is 0 Å². The molecule has 0 spiro atoms. The second kappa shape index (κ2) is 7.87. The quantitative estimate of drug-likeness (QED) is 0.664. The summed E-state index contributed by atoms with van der Waals surface area (Å²) < 4.78 is 13.2. The first kappa shape index (κ1) is 18.3. The zero-order chi connectivity index (χ0) is 19.5. The van der Waals surface area contributed by atoms with Gasteiger partial charge in [-0.15, -0.1) is 11.8 Å². The molecule has 1 amide bonds. The fourth-order valence-electron chi connectivity index (χ4n) is 3.40. The number of allylic oxidation sites excluding steroid dienone is 1. The van der Waals surface area contributed by atoms with Gasteiger partial charge in [-0.3, -0.25) is 4.79 Å². The average Bonchev–Trinajstić information content (AvgIpc) is 2.72. The van der Waals surface area contributed by atoms with Crippen molar-refractivity contribution in [3.8, 4) is 6.07 Å². The van der Waals surface area contributed by atoms with Crippen molar-refractivity contribution >= 4 is 28.4 Å². The van der Waals surface area contributed by atoms with Gasteiger partial charge in [0.15, 0.2) is 0 Å². The lowest BCUT2D eigenvalue weighted by atomic mass is 9.87. The highest BCUT2D eigenvalue weighted by atomic mass is 32.2. The van der Waals surface area contributed by atoms with Gasteiger partial charge in [0.2, 0.25) is 5.91 Å². The molecule has 0 aliphatic carbocycles. The Morgan fingerprint density at radius 3 is 2.57 bits per heavy atom. The van der Waals surface area contributed by atoms with Crippen LogP contribution in [-0.2, 0) is 10.5 Å². The van der Waals surface area contributed by atoms with Crippen LogP contribution >= 0.6 is 11.8 Å². The summed E-state index contributed by atoms with van der Waals surface area (Å²) in [4.78, 5) is 12.2. The van der Waals surface area contributed by atoms with Gasteiger partial charge in [0.1, 0.15) is 5.82 Å². The number of nitriles is 1. The van der Waals surface area contributed by atoms with E-state index in [-0.39, 0.29) is 24.1 Å². The fraction of sp³-hybridized carbons (Fsp3) is 0.130. The van der Waals surface area contributed by atoms with E-state index in [1.165, 1.54) is 29.3 Å². The predicted molar refractivity (Wildman–Crippen MR) is 110 cm³/mol. The number of fused-ring (bicyclic) bond motifs is 1. The predicted octanol–water partition coefficient (Wildman–Crippen LogP) is 5.25. The highest BCUT2D eigenvalue weighted by Gasteiger charge is 2.29. The molecule has 138 valence electrons. The first-order valence-corrected chi connectivity index (χ1v) is 9.92. The van der Waals surface area contributed by atoms with Gasteiger partial charge in [0.25, 0.3) is 0 Å². The van der Waals surface area contributed by atoms with Crippen LogP contribution in [0.2, 0.25) is 0 Å². The van der Waals surface area contributed by atoms with Crippen molar-refractivity contribution in [3.05, 3.63) is 94.3 Å². The minimum absolute atomic E-state index is 0.130. The van der Waals surface area contributed by atoms with Crippen molar-refractivity contribution in [2.75, 3.05) is 0 Å². The minimum Gasteiger partial charge on any atom is -0.320 e. The van der Waals surface area contributed by atoms with Gasteiger partial charge in [-0.2, -0.15) is 5.26 Å². The Hall–Kier alpha value is -3.10. The highest BCUT2D eigenvalue weighted by molar-refractivity contribution is 8.02. The zero-order valence-electron chi connectivity index (χ0n) is 15.0. The Kier molecular flexibility index (Phi) is 5.14. The smallest absolute Gasteiger partial charge is 0.225 e. The molecule has 28 heavy (non-hydrogen) atoms. The molecule has 1 aliphatic heterocycles. The van der Waals surface area contributed by atoms with Gasteiger partial charge in [0, 0.05) is 18.1 Å². The zero-order valence-corrected chi connectivity index (χ0v) is 15.8. The average molecular weight is 388 g/mol. The molecule has 5 heteroatoms. The van der Waals surface area contributed by atoms with E-state index in [1.54, 1.807) is 12.1 Å². The molecule has 1 N–H and O–H groups in total. The van der Waals surface area contributed by atoms with E-state index in [1.807, 2.05) is 12.1 Å². The highest BCUT2D eigenvalue weighted by Crippen LogP contribution is 2.37. The maximum Gasteiger partial charge on any atom is 0.225 e. The largest absolute Gasteiger partial charge is 0.320 e. The molecule has 0 fully saturated rings. The van der Waals surface area contributed by atoms with Crippen molar-refractivity contribution < 1.29 is 9.18 Å². The molecule has 4 rings (SSSR count). The van der Waals surface area contributed by atoms with Gasteiger partial charge in [-0.05, 0) is 34.0 Å². The van der Waals surface area contributed by atoms with Crippen LogP contribution in [0.5, 0.6) is 0 Å². The molecular formula is C23H17FN2OS. The van der Waals surface area contributed by atoms with E-state index >= 15 is 0 Å². The van der Waals surface area contributed by atoms with Crippen molar-refractivity contribution in [2.24, 2.45) is 0 Å². The van der Waals surface area contributed by atoms with E-state index in [2.05, 4.69) is 41.7 Å². The topological polar surface area (TPSA) is 52.9 Å². The molecule has 3 aromatic carbocycles. The number of nitrogens with zero attached hydrogens (tertiary/aromatic N) is 1. The summed E-state index contributed by atoms with van der Waals surface area (Å²) in [5.41, 5.74) is 2.42. The summed E-state index contributed by atoms with van der Waals surface area (Å²) in [5, 5.41) is 15.5. The number of nitrogens with one attached hydrogen (secondary N) is 1. The number of carbonyl (C=O) groups is 1.